The van der Waals surface area contributed by atoms with Crippen molar-refractivity contribution in [1.29, 1.82) is 0 Å². The summed E-state index contributed by atoms with van der Waals surface area (Å²) in [5, 5.41) is 0.672. The molecule has 0 amide bonds. The fourth-order valence-electron chi connectivity index (χ4n) is 1.95. The Labute approximate surface area is 99.3 Å². The van der Waals surface area contributed by atoms with Gasteiger partial charge in [-0.1, -0.05) is 30.7 Å². The van der Waals surface area contributed by atoms with Crippen LogP contribution in [0.2, 0.25) is 5.02 Å². The number of hydrogen-bond acceptors (Lipinski definition) is 3. The molecule has 1 heterocycles. The van der Waals surface area contributed by atoms with Gasteiger partial charge in [-0.3, -0.25) is 0 Å². The van der Waals surface area contributed by atoms with Crippen LogP contribution in [0.5, 0.6) is 0 Å². The number of carbonyl (C=O) groups is 1. The zero-order chi connectivity index (χ0) is 11.8. The third-order valence-electron chi connectivity index (χ3n) is 2.97. The van der Waals surface area contributed by atoms with Gasteiger partial charge >= 0.3 is 5.97 Å². The number of rotatable bonds is 3. The van der Waals surface area contributed by atoms with E-state index in [-0.39, 0.29) is 5.97 Å². The molecule has 1 aliphatic heterocycles. The second-order valence-corrected chi connectivity index (χ2v) is 4.21. The Morgan fingerprint density at radius 1 is 1.50 bits per heavy atom. The van der Waals surface area contributed by atoms with Gasteiger partial charge in [-0.15, -0.1) is 0 Å². The molecule has 1 aromatic rings. The van der Waals surface area contributed by atoms with Gasteiger partial charge in [-0.25, -0.2) is 4.79 Å². The predicted molar refractivity (Wildman–Crippen MR) is 60.3 cm³/mol. The van der Waals surface area contributed by atoms with Crippen molar-refractivity contribution in [2.75, 3.05) is 7.11 Å². The van der Waals surface area contributed by atoms with E-state index < -0.39 is 11.7 Å². The molecule has 0 saturated carbocycles. The summed E-state index contributed by atoms with van der Waals surface area (Å²) >= 11 is 5.82. The molecule has 2 rings (SSSR count). The van der Waals surface area contributed by atoms with Crippen LogP contribution in [0.25, 0.3) is 0 Å². The van der Waals surface area contributed by atoms with E-state index in [1.165, 1.54) is 7.11 Å². The van der Waals surface area contributed by atoms with Crippen LogP contribution >= 0.6 is 11.6 Å². The largest absolute Gasteiger partial charge is 0.467 e. The average Bonchev–Trinajstić information content (AvgIpc) is 3.05. The summed E-state index contributed by atoms with van der Waals surface area (Å²) in [5.41, 5.74) is 0.451. The molecule has 86 valence electrons. The third-order valence-corrected chi connectivity index (χ3v) is 3.22. The molecule has 0 radical (unpaired) electrons. The Hall–Kier alpha value is -1.06. The summed E-state index contributed by atoms with van der Waals surface area (Å²) in [4.78, 5) is 11.4. The topological polar surface area (TPSA) is 38.8 Å². The first-order valence-corrected chi connectivity index (χ1v) is 5.53. The molecule has 0 bridgehead atoms. The number of halogens is 1. The summed E-state index contributed by atoms with van der Waals surface area (Å²) in [5.74, 6) is -0.322. The highest BCUT2D eigenvalue weighted by Crippen LogP contribution is 2.49. The minimum atomic E-state index is -0.516. The van der Waals surface area contributed by atoms with E-state index in [0.717, 1.165) is 12.0 Å². The van der Waals surface area contributed by atoms with Gasteiger partial charge in [0.05, 0.1) is 7.11 Å². The molecule has 4 heteroatoms. The predicted octanol–water partition coefficient (Wildman–Crippen LogP) is 2.52. The maximum atomic E-state index is 11.4. The van der Waals surface area contributed by atoms with Gasteiger partial charge < -0.3 is 9.47 Å². The highest BCUT2D eigenvalue weighted by atomic mass is 35.5. The van der Waals surface area contributed by atoms with Gasteiger partial charge in [0.25, 0.3) is 0 Å². The standard InChI is InChI=1S/C12H13ClO3/c1-3-12(10(16-12)11(14)15-2)8-4-6-9(13)7-5-8/h4-7,10H,3H2,1-2H3. The molecule has 1 aliphatic rings. The number of epoxide rings is 1. The molecule has 0 aliphatic carbocycles. The highest BCUT2D eigenvalue weighted by Gasteiger charge is 2.61. The Balaban J connectivity index is 2.25. The Morgan fingerprint density at radius 3 is 2.62 bits per heavy atom. The monoisotopic (exact) mass is 240 g/mol. The van der Waals surface area contributed by atoms with Crippen LogP contribution in [0.15, 0.2) is 24.3 Å². The summed E-state index contributed by atoms with van der Waals surface area (Å²) in [6, 6.07) is 7.36. The summed E-state index contributed by atoms with van der Waals surface area (Å²) < 4.78 is 10.2. The molecule has 0 aromatic heterocycles. The van der Waals surface area contributed by atoms with E-state index in [2.05, 4.69) is 4.74 Å². The number of hydrogen-bond donors (Lipinski definition) is 0. The van der Waals surface area contributed by atoms with Gasteiger partial charge in [0.2, 0.25) is 0 Å². The molecule has 1 aromatic carbocycles. The third kappa shape index (κ3) is 1.70. The minimum Gasteiger partial charge on any atom is -0.467 e. The van der Waals surface area contributed by atoms with Crippen LogP contribution < -0.4 is 0 Å². The molecule has 16 heavy (non-hydrogen) atoms. The molecular weight excluding hydrogens is 228 g/mol. The van der Waals surface area contributed by atoms with Crippen molar-refractivity contribution in [3.05, 3.63) is 34.9 Å². The van der Waals surface area contributed by atoms with Crippen LogP contribution in [0, 0.1) is 0 Å². The van der Waals surface area contributed by atoms with Crippen LogP contribution in [0.4, 0.5) is 0 Å². The number of ether oxygens (including phenoxy) is 2. The molecule has 2 atom stereocenters. The molecule has 1 fully saturated rings. The van der Waals surface area contributed by atoms with Crippen molar-refractivity contribution in [2.24, 2.45) is 0 Å². The Bertz CT molecular complexity index is 401. The first kappa shape index (κ1) is 11.4. The zero-order valence-electron chi connectivity index (χ0n) is 9.20. The van der Waals surface area contributed by atoms with Crippen molar-refractivity contribution in [3.8, 4) is 0 Å². The highest BCUT2D eigenvalue weighted by molar-refractivity contribution is 6.30. The molecular formula is C12H13ClO3. The van der Waals surface area contributed by atoms with E-state index in [9.17, 15) is 4.79 Å². The van der Waals surface area contributed by atoms with Gasteiger partial charge in [-0.2, -0.15) is 0 Å². The molecule has 0 spiro atoms. The molecule has 3 nitrogen and oxygen atoms in total. The number of benzene rings is 1. The quantitative estimate of drug-likeness (QED) is 0.602. The van der Waals surface area contributed by atoms with Gasteiger partial charge in [-0.05, 0) is 24.1 Å². The van der Waals surface area contributed by atoms with Crippen LogP contribution in [0.3, 0.4) is 0 Å². The maximum absolute atomic E-state index is 11.4. The fourth-order valence-corrected chi connectivity index (χ4v) is 2.07. The van der Waals surface area contributed by atoms with E-state index in [4.69, 9.17) is 16.3 Å². The van der Waals surface area contributed by atoms with Gasteiger partial charge in [0.15, 0.2) is 6.10 Å². The van der Waals surface area contributed by atoms with Crippen molar-refractivity contribution in [1.82, 2.24) is 0 Å². The van der Waals surface area contributed by atoms with Crippen molar-refractivity contribution >= 4 is 17.6 Å². The second kappa shape index (κ2) is 4.07. The normalized spacial score (nSPS) is 27.6. The van der Waals surface area contributed by atoms with Crippen LogP contribution in [-0.2, 0) is 19.9 Å². The first-order valence-electron chi connectivity index (χ1n) is 5.15. The average molecular weight is 241 g/mol. The van der Waals surface area contributed by atoms with E-state index >= 15 is 0 Å². The number of carbonyl (C=O) groups excluding carboxylic acids is 1. The lowest BCUT2D eigenvalue weighted by molar-refractivity contribution is -0.142. The Morgan fingerprint density at radius 2 is 2.12 bits per heavy atom. The number of methoxy groups -OCH3 is 1. The van der Waals surface area contributed by atoms with Gasteiger partial charge in [0.1, 0.15) is 5.60 Å². The lowest BCUT2D eigenvalue weighted by atomic mass is 9.93. The smallest absolute Gasteiger partial charge is 0.338 e. The lowest BCUT2D eigenvalue weighted by Gasteiger charge is -2.10. The van der Waals surface area contributed by atoms with Gasteiger partial charge in [0, 0.05) is 5.02 Å². The van der Waals surface area contributed by atoms with Crippen LogP contribution in [0.1, 0.15) is 18.9 Å². The summed E-state index contributed by atoms with van der Waals surface area (Å²) in [6.45, 7) is 1.98. The second-order valence-electron chi connectivity index (χ2n) is 3.77. The first-order chi connectivity index (χ1) is 7.64. The van der Waals surface area contributed by atoms with E-state index in [1.807, 2.05) is 19.1 Å². The minimum absolute atomic E-state index is 0.322. The fraction of sp³-hybridized carbons (Fsp3) is 0.417. The van der Waals surface area contributed by atoms with Crippen LogP contribution in [-0.4, -0.2) is 19.2 Å². The maximum Gasteiger partial charge on any atom is 0.338 e. The molecule has 2 unspecified atom stereocenters. The van der Waals surface area contributed by atoms with Crippen molar-refractivity contribution < 1.29 is 14.3 Å². The Kier molecular flexibility index (Phi) is 2.91. The van der Waals surface area contributed by atoms with E-state index in [1.54, 1.807) is 12.1 Å². The molecule has 0 N–H and O–H groups in total. The SMILES string of the molecule is CCC1(c2ccc(Cl)cc2)OC1C(=O)OC. The van der Waals surface area contributed by atoms with Crippen molar-refractivity contribution in [2.45, 2.75) is 25.0 Å². The summed E-state index contributed by atoms with van der Waals surface area (Å²) in [7, 11) is 1.37. The lowest BCUT2D eigenvalue weighted by Crippen LogP contribution is -2.19. The molecule has 1 saturated heterocycles. The van der Waals surface area contributed by atoms with E-state index in [0.29, 0.717) is 5.02 Å². The summed E-state index contributed by atoms with van der Waals surface area (Å²) in [6.07, 6.45) is 0.248. The number of esters is 1. The van der Waals surface area contributed by atoms with Crippen molar-refractivity contribution in [3.63, 3.8) is 0 Å². The zero-order valence-corrected chi connectivity index (χ0v) is 9.95.